The van der Waals surface area contributed by atoms with E-state index in [1.807, 2.05) is 84.9 Å². The van der Waals surface area contributed by atoms with E-state index in [2.05, 4.69) is 182 Å². The van der Waals surface area contributed by atoms with Gasteiger partial charge < -0.3 is 12.8 Å². The zero-order valence-electron chi connectivity index (χ0n) is 35.6. The maximum atomic E-state index is 7.35. The molecule has 0 aliphatic heterocycles. The van der Waals surface area contributed by atoms with Gasteiger partial charge in [0.1, 0.15) is 37.1 Å². The molecule has 0 heterocycles. The van der Waals surface area contributed by atoms with Crippen LogP contribution in [0.25, 0.3) is 43.8 Å². The number of fused-ring (bicyclic) bond motifs is 2. The standard InChI is InChI=1S/C25H22P2.2C18H11.2Ag/c1-5-13-22(14-6-1)26(23-15-7-2-8-16-23)21-27(24-17-9-3-10-18-24)25-19-11-4-12-20-25;2*1-2-14-10-6-13-18-16(14)11-7-12-17(18)15-8-4-3-5-9-15;;/h1-20H,21H2;2*3-13H;;/q;2*-1;2*+1/p+2. The van der Waals surface area contributed by atoms with Crippen LogP contribution in [0.4, 0.5) is 0 Å². The Balaban J connectivity index is 0.000000164. The summed E-state index contributed by atoms with van der Waals surface area (Å²) in [6.45, 7) is 0. The Labute approximate surface area is 418 Å². The molecule has 10 aromatic rings. The van der Waals surface area contributed by atoms with Gasteiger partial charge in [0.05, 0.1) is 0 Å². The van der Waals surface area contributed by atoms with Crippen molar-refractivity contribution in [2.45, 2.75) is 0 Å². The van der Waals surface area contributed by atoms with Crippen molar-refractivity contribution < 1.29 is 44.8 Å². The van der Waals surface area contributed by atoms with Crippen LogP contribution in [0.5, 0.6) is 0 Å². The van der Waals surface area contributed by atoms with Gasteiger partial charge in [-0.3, -0.25) is 11.8 Å². The van der Waals surface area contributed by atoms with E-state index in [0.717, 1.165) is 21.9 Å². The third kappa shape index (κ3) is 12.3. The Morgan fingerprint density at radius 1 is 0.277 bits per heavy atom. The molecule has 0 saturated heterocycles. The Kier molecular flexibility index (Phi) is 18.7. The molecule has 0 radical (unpaired) electrons. The van der Waals surface area contributed by atoms with Crippen LogP contribution in [0.3, 0.4) is 0 Å². The minimum absolute atomic E-state index is 0. The van der Waals surface area contributed by atoms with Crippen LogP contribution in [0.1, 0.15) is 11.1 Å². The van der Waals surface area contributed by atoms with Crippen molar-refractivity contribution in [3.63, 3.8) is 0 Å². The molecule has 0 fully saturated rings. The zero-order valence-corrected chi connectivity index (χ0v) is 40.5. The zero-order chi connectivity index (χ0) is 43.1. The molecule has 0 aliphatic rings. The number of hydrogen-bond acceptors (Lipinski definition) is 0. The predicted molar refractivity (Wildman–Crippen MR) is 277 cm³/mol. The second-order valence-electron chi connectivity index (χ2n) is 15.0. The molecule has 0 saturated carbocycles. The van der Waals surface area contributed by atoms with E-state index in [1.54, 1.807) is 0 Å². The van der Waals surface area contributed by atoms with Gasteiger partial charge in [-0.2, -0.15) is 0 Å². The average Bonchev–Trinajstić information content (AvgIpc) is 3.38. The van der Waals surface area contributed by atoms with Gasteiger partial charge >= 0.3 is 44.8 Å². The molecule has 4 heteroatoms. The number of hydrogen-bond donors (Lipinski definition) is 0. The van der Waals surface area contributed by atoms with Crippen LogP contribution in [0.15, 0.2) is 255 Å². The van der Waals surface area contributed by atoms with Crippen LogP contribution in [-0.4, -0.2) is 5.90 Å². The topological polar surface area (TPSA) is 0 Å². The monoisotopic (exact) mass is 1050 g/mol. The first-order valence-electron chi connectivity index (χ1n) is 21.1. The first-order valence-corrected chi connectivity index (χ1v) is 24.6. The van der Waals surface area contributed by atoms with Crippen molar-refractivity contribution in [3.8, 4) is 34.1 Å². The molecule has 0 unspecified atom stereocenters. The maximum Gasteiger partial charge on any atom is 1.00 e. The summed E-state index contributed by atoms with van der Waals surface area (Å²) in [7, 11) is -1.69. The summed E-state index contributed by atoms with van der Waals surface area (Å²) in [4.78, 5) is 0. The summed E-state index contributed by atoms with van der Waals surface area (Å²) >= 11 is 0. The van der Waals surface area contributed by atoms with Crippen molar-refractivity contribution in [2.75, 3.05) is 5.90 Å². The van der Waals surface area contributed by atoms with Gasteiger partial charge in [-0.1, -0.05) is 205 Å². The largest absolute Gasteiger partial charge is 1.00 e. The van der Waals surface area contributed by atoms with Crippen molar-refractivity contribution in [1.29, 1.82) is 0 Å². The van der Waals surface area contributed by atoms with Gasteiger partial charge in [0.2, 0.25) is 0 Å². The van der Waals surface area contributed by atoms with E-state index in [9.17, 15) is 0 Å². The Bertz CT molecular complexity index is 2800. The third-order valence-electron chi connectivity index (χ3n) is 11.1. The van der Waals surface area contributed by atoms with Crippen LogP contribution in [-0.2, 0) is 44.8 Å². The second-order valence-corrected chi connectivity index (χ2v) is 20.6. The van der Waals surface area contributed by atoms with Crippen LogP contribution in [0.2, 0.25) is 0 Å². The van der Waals surface area contributed by atoms with E-state index < -0.39 is 15.8 Å². The molecule has 320 valence electrons. The summed E-state index contributed by atoms with van der Waals surface area (Å²) in [6, 6.07) is 89.5. The van der Waals surface area contributed by atoms with E-state index in [4.69, 9.17) is 12.8 Å². The SMILES string of the molecule is [Ag+].[Ag+].[C-]#Cc1cccc2c(-c3ccccc3)cccc12.[C-]#Cc1cccc2c(-c3ccccc3)cccc12.c1ccc([PH+](C[PH+](c2ccccc2)c2ccccc2)c2ccccc2)cc1. The quantitative estimate of drug-likeness (QED) is 0.0616. The summed E-state index contributed by atoms with van der Waals surface area (Å²) in [6.07, 6.45) is 14.7. The summed E-state index contributed by atoms with van der Waals surface area (Å²) in [5, 5.41) is 10.5. The normalized spacial score (nSPS) is 10.2. The van der Waals surface area contributed by atoms with Gasteiger partial charge in [0, 0.05) is 0 Å². The molecule has 0 amide bonds. The summed E-state index contributed by atoms with van der Waals surface area (Å²) < 4.78 is 0. The van der Waals surface area contributed by atoms with Gasteiger partial charge in [-0.25, -0.2) is 0 Å². The molecule has 0 bridgehead atoms. The summed E-state index contributed by atoms with van der Waals surface area (Å²) in [5.74, 6) is 6.24. The van der Waals surface area contributed by atoms with Crippen LogP contribution in [0, 0.1) is 24.7 Å². The predicted octanol–water partition coefficient (Wildman–Crippen LogP) is 13.6. The van der Waals surface area contributed by atoms with Crippen LogP contribution >= 0.6 is 15.8 Å². The van der Waals surface area contributed by atoms with E-state index in [1.165, 1.54) is 60.1 Å². The van der Waals surface area contributed by atoms with Crippen molar-refractivity contribution in [1.82, 2.24) is 0 Å². The Morgan fingerprint density at radius 2 is 0.538 bits per heavy atom. The molecule has 10 aromatic carbocycles. The van der Waals surface area contributed by atoms with Crippen molar-refractivity contribution >= 4 is 58.6 Å². The fraction of sp³-hybridized carbons (Fsp3) is 0.0164. The number of rotatable bonds is 8. The fourth-order valence-electron chi connectivity index (χ4n) is 8.05. The molecule has 65 heavy (non-hydrogen) atoms. The fourth-order valence-corrected chi connectivity index (χ4v) is 15.8. The molecular weight excluding hydrogens is 1010 g/mol. The van der Waals surface area contributed by atoms with E-state index >= 15 is 0 Å². The first kappa shape index (κ1) is 48.6. The van der Waals surface area contributed by atoms with Crippen molar-refractivity contribution in [2.24, 2.45) is 0 Å². The van der Waals surface area contributed by atoms with Gasteiger partial charge in [0.25, 0.3) is 0 Å². The smallest absolute Gasteiger partial charge is 0.366 e. The molecule has 0 aliphatic carbocycles. The molecule has 0 aromatic heterocycles. The van der Waals surface area contributed by atoms with Crippen LogP contribution < -0.4 is 21.2 Å². The molecule has 0 nitrogen and oxygen atoms in total. The Hall–Kier alpha value is -5.82. The van der Waals surface area contributed by atoms with Gasteiger partial charge in [0.15, 0.2) is 5.90 Å². The molecular formula is C61H46Ag2P2+2. The molecule has 0 spiro atoms. The summed E-state index contributed by atoms with van der Waals surface area (Å²) in [5.41, 5.74) is 6.47. The average molecular weight is 1060 g/mol. The molecule has 10 rings (SSSR count). The van der Waals surface area contributed by atoms with Gasteiger partial charge in [-0.15, -0.1) is 23.3 Å². The Morgan fingerprint density at radius 3 is 0.831 bits per heavy atom. The number of benzene rings is 10. The minimum Gasteiger partial charge on any atom is -0.366 e. The third-order valence-corrected chi connectivity index (χ3v) is 18.1. The minimum atomic E-state index is -0.847. The maximum absolute atomic E-state index is 7.35. The molecule has 0 N–H and O–H groups in total. The van der Waals surface area contributed by atoms with E-state index in [-0.39, 0.29) is 44.8 Å². The van der Waals surface area contributed by atoms with Gasteiger partial charge in [-0.05, 0) is 81.6 Å². The van der Waals surface area contributed by atoms with Crippen molar-refractivity contribution in [3.05, 3.63) is 279 Å². The first-order chi connectivity index (χ1) is 31.2. The van der Waals surface area contributed by atoms with E-state index in [0.29, 0.717) is 0 Å². The molecule has 0 atom stereocenters. The second kappa shape index (κ2) is 25.0.